The van der Waals surface area contributed by atoms with Gasteiger partial charge in [-0.3, -0.25) is 9.59 Å². The summed E-state index contributed by atoms with van der Waals surface area (Å²) in [6.45, 7) is 2.97. The first kappa shape index (κ1) is 18.6. The Hall–Kier alpha value is -3.15. The highest BCUT2D eigenvalue weighted by Crippen LogP contribution is 2.22. The third-order valence-corrected chi connectivity index (χ3v) is 4.47. The van der Waals surface area contributed by atoms with Crippen LogP contribution in [-0.4, -0.2) is 35.8 Å². The molecule has 0 spiro atoms. The second kappa shape index (κ2) is 8.49. The van der Waals surface area contributed by atoms with Crippen LogP contribution in [0.25, 0.3) is 0 Å². The number of nitrogens with zero attached hydrogens (tertiary/aromatic N) is 1. The SMILES string of the molecule is CCOC(=O)c1ccc(NC(=O)[C@H]2CC(=O)N(Cc3ccccc3)C2)cc1. The van der Waals surface area contributed by atoms with Crippen molar-refractivity contribution in [3.63, 3.8) is 0 Å². The fourth-order valence-corrected chi connectivity index (χ4v) is 3.05. The summed E-state index contributed by atoms with van der Waals surface area (Å²) in [6.07, 6.45) is 0.208. The van der Waals surface area contributed by atoms with Crippen LogP contribution in [0.4, 0.5) is 5.69 Å². The maximum absolute atomic E-state index is 12.5. The van der Waals surface area contributed by atoms with E-state index < -0.39 is 5.97 Å². The molecule has 0 radical (unpaired) electrons. The van der Waals surface area contributed by atoms with Gasteiger partial charge in [-0.2, -0.15) is 0 Å². The Kier molecular flexibility index (Phi) is 5.86. The first-order valence-electron chi connectivity index (χ1n) is 8.96. The summed E-state index contributed by atoms with van der Waals surface area (Å²) in [6, 6.07) is 16.2. The van der Waals surface area contributed by atoms with Crippen molar-refractivity contribution in [1.82, 2.24) is 4.90 Å². The predicted molar refractivity (Wildman–Crippen MR) is 101 cm³/mol. The highest BCUT2D eigenvalue weighted by atomic mass is 16.5. The topological polar surface area (TPSA) is 75.7 Å². The van der Waals surface area contributed by atoms with Crippen LogP contribution in [0.5, 0.6) is 0 Å². The largest absolute Gasteiger partial charge is 0.462 e. The first-order valence-corrected chi connectivity index (χ1v) is 8.96. The molecule has 0 unspecified atom stereocenters. The van der Waals surface area contributed by atoms with E-state index in [-0.39, 0.29) is 24.2 Å². The molecular weight excluding hydrogens is 344 g/mol. The van der Waals surface area contributed by atoms with E-state index in [9.17, 15) is 14.4 Å². The van der Waals surface area contributed by atoms with Gasteiger partial charge in [-0.25, -0.2) is 4.79 Å². The van der Waals surface area contributed by atoms with Gasteiger partial charge in [-0.1, -0.05) is 30.3 Å². The van der Waals surface area contributed by atoms with Crippen molar-refractivity contribution >= 4 is 23.5 Å². The van der Waals surface area contributed by atoms with Crippen molar-refractivity contribution in [3.8, 4) is 0 Å². The van der Waals surface area contributed by atoms with E-state index in [0.717, 1.165) is 5.56 Å². The number of likely N-dealkylation sites (tertiary alicyclic amines) is 1. The number of nitrogens with one attached hydrogen (secondary N) is 1. The Labute approximate surface area is 158 Å². The summed E-state index contributed by atoms with van der Waals surface area (Å²) < 4.78 is 4.93. The van der Waals surface area contributed by atoms with Crippen LogP contribution in [0, 0.1) is 5.92 Å². The second-order valence-electron chi connectivity index (χ2n) is 6.45. The summed E-state index contributed by atoms with van der Waals surface area (Å²) in [4.78, 5) is 38.1. The molecule has 6 heteroatoms. The molecule has 1 aliphatic rings. The molecule has 2 amide bonds. The minimum Gasteiger partial charge on any atom is -0.462 e. The number of ether oxygens (including phenoxy) is 1. The Bertz CT molecular complexity index is 818. The van der Waals surface area contributed by atoms with Crippen molar-refractivity contribution in [3.05, 3.63) is 65.7 Å². The highest BCUT2D eigenvalue weighted by molar-refractivity contribution is 5.97. The van der Waals surface area contributed by atoms with Crippen LogP contribution >= 0.6 is 0 Å². The Morgan fingerprint density at radius 1 is 1.11 bits per heavy atom. The summed E-state index contributed by atoms with van der Waals surface area (Å²) in [5.41, 5.74) is 2.06. The lowest BCUT2D eigenvalue weighted by molar-refractivity contribution is -0.128. The van der Waals surface area contributed by atoms with Gasteiger partial charge in [0, 0.05) is 25.2 Å². The number of esters is 1. The van der Waals surface area contributed by atoms with Gasteiger partial charge in [-0.15, -0.1) is 0 Å². The van der Waals surface area contributed by atoms with Crippen LogP contribution < -0.4 is 5.32 Å². The van der Waals surface area contributed by atoms with Crippen LogP contribution in [-0.2, 0) is 20.9 Å². The molecule has 6 nitrogen and oxygen atoms in total. The minimum atomic E-state index is -0.395. The average Bonchev–Trinajstić information content (AvgIpc) is 3.04. The molecule has 27 heavy (non-hydrogen) atoms. The van der Waals surface area contributed by atoms with Crippen molar-refractivity contribution in [2.45, 2.75) is 19.9 Å². The Balaban J connectivity index is 1.57. The molecule has 0 aliphatic carbocycles. The fourth-order valence-electron chi connectivity index (χ4n) is 3.05. The van der Waals surface area contributed by atoms with Gasteiger partial charge >= 0.3 is 5.97 Å². The second-order valence-corrected chi connectivity index (χ2v) is 6.45. The van der Waals surface area contributed by atoms with Crippen molar-refractivity contribution in [2.24, 2.45) is 5.92 Å². The zero-order valence-electron chi connectivity index (χ0n) is 15.2. The van der Waals surface area contributed by atoms with Crippen molar-refractivity contribution in [2.75, 3.05) is 18.5 Å². The monoisotopic (exact) mass is 366 g/mol. The van der Waals surface area contributed by atoms with Crippen molar-refractivity contribution < 1.29 is 19.1 Å². The molecule has 1 atom stereocenters. The van der Waals surface area contributed by atoms with Gasteiger partial charge in [-0.05, 0) is 36.8 Å². The van der Waals surface area contributed by atoms with Crippen LogP contribution in [0.1, 0.15) is 29.3 Å². The maximum Gasteiger partial charge on any atom is 0.338 e. The van der Waals surface area contributed by atoms with E-state index in [1.165, 1.54) is 0 Å². The molecule has 0 aromatic heterocycles. The van der Waals surface area contributed by atoms with Crippen LogP contribution in [0.3, 0.4) is 0 Å². The third kappa shape index (κ3) is 4.73. The number of carbonyl (C=O) groups excluding carboxylic acids is 3. The lowest BCUT2D eigenvalue weighted by atomic mass is 10.1. The van der Waals surface area contributed by atoms with Crippen LogP contribution in [0.2, 0.25) is 0 Å². The smallest absolute Gasteiger partial charge is 0.338 e. The van der Waals surface area contributed by atoms with Gasteiger partial charge in [0.1, 0.15) is 0 Å². The first-order chi connectivity index (χ1) is 13.1. The maximum atomic E-state index is 12.5. The standard InChI is InChI=1S/C21H22N2O4/c1-2-27-21(26)16-8-10-18(11-9-16)22-20(25)17-12-19(24)23(14-17)13-15-6-4-3-5-7-15/h3-11,17H,2,12-14H2,1H3,(H,22,25)/t17-/m0/s1. The molecule has 0 bridgehead atoms. The number of carbonyl (C=O) groups is 3. The van der Waals surface area contributed by atoms with Gasteiger partial charge in [0.2, 0.25) is 11.8 Å². The minimum absolute atomic E-state index is 0.0170. The average molecular weight is 366 g/mol. The molecule has 140 valence electrons. The Morgan fingerprint density at radius 2 is 1.81 bits per heavy atom. The molecular formula is C21H22N2O4. The summed E-state index contributed by atoms with van der Waals surface area (Å²) in [5.74, 6) is -0.987. The summed E-state index contributed by atoms with van der Waals surface area (Å²) in [7, 11) is 0. The quantitative estimate of drug-likeness (QED) is 0.798. The van der Waals surface area contributed by atoms with E-state index in [0.29, 0.717) is 30.9 Å². The summed E-state index contributed by atoms with van der Waals surface area (Å²) >= 11 is 0. The number of hydrogen-bond acceptors (Lipinski definition) is 4. The zero-order valence-corrected chi connectivity index (χ0v) is 15.2. The highest BCUT2D eigenvalue weighted by Gasteiger charge is 2.34. The van der Waals surface area contributed by atoms with E-state index in [4.69, 9.17) is 4.74 Å². The lowest BCUT2D eigenvalue weighted by Crippen LogP contribution is -2.28. The third-order valence-electron chi connectivity index (χ3n) is 4.47. The molecule has 1 N–H and O–H groups in total. The van der Waals surface area contributed by atoms with Gasteiger partial charge in [0.25, 0.3) is 0 Å². The summed E-state index contributed by atoms with van der Waals surface area (Å²) in [5, 5.41) is 2.82. The van der Waals surface area contributed by atoms with Gasteiger partial charge < -0.3 is 15.0 Å². The normalized spacial score (nSPS) is 16.3. The number of benzene rings is 2. The molecule has 1 saturated heterocycles. The van der Waals surface area contributed by atoms with Crippen LogP contribution in [0.15, 0.2) is 54.6 Å². The molecule has 2 aromatic carbocycles. The molecule has 2 aromatic rings. The molecule has 1 heterocycles. The number of hydrogen-bond donors (Lipinski definition) is 1. The molecule has 0 saturated carbocycles. The van der Waals surface area contributed by atoms with Gasteiger partial charge in [0.05, 0.1) is 18.1 Å². The van der Waals surface area contributed by atoms with E-state index in [1.807, 2.05) is 30.3 Å². The van der Waals surface area contributed by atoms with E-state index in [1.54, 1.807) is 36.1 Å². The van der Waals surface area contributed by atoms with E-state index >= 15 is 0 Å². The number of rotatable bonds is 6. The van der Waals surface area contributed by atoms with Crippen molar-refractivity contribution in [1.29, 1.82) is 0 Å². The number of anilines is 1. The zero-order chi connectivity index (χ0) is 19.2. The molecule has 1 aliphatic heterocycles. The number of amides is 2. The molecule has 1 fully saturated rings. The molecule has 3 rings (SSSR count). The Morgan fingerprint density at radius 3 is 2.48 bits per heavy atom. The lowest BCUT2D eigenvalue weighted by Gasteiger charge is -2.16. The van der Waals surface area contributed by atoms with Gasteiger partial charge in [0.15, 0.2) is 0 Å². The fraction of sp³-hybridized carbons (Fsp3) is 0.286. The van der Waals surface area contributed by atoms with E-state index in [2.05, 4.69) is 5.32 Å². The predicted octanol–water partition coefficient (Wildman–Crippen LogP) is 2.85.